The molecule has 1 atom stereocenters. The fourth-order valence-electron chi connectivity index (χ4n) is 2.58. The Balaban J connectivity index is 1.65. The minimum atomic E-state index is -0.309. The lowest BCUT2D eigenvalue weighted by Crippen LogP contribution is -2.26. The van der Waals surface area contributed by atoms with E-state index < -0.39 is 0 Å². The summed E-state index contributed by atoms with van der Waals surface area (Å²) in [5, 5.41) is 2.73. The molecule has 3 rings (SSSR count). The number of amides is 1. The van der Waals surface area contributed by atoms with Gasteiger partial charge in [0.1, 0.15) is 23.9 Å². The molecule has 2 aromatic heterocycles. The van der Waals surface area contributed by atoms with Crippen LogP contribution in [0.5, 0.6) is 5.75 Å². The monoisotopic (exact) mass is 327 g/mol. The first-order valence-electron chi connectivity index (χ1n) is 8.16. The number of aryl methyl sites for hydroxylation is 1. The fraction of sp³-hybridized carbons (Fsp3) is 0.389. The number of nitrogens with zero attached hydrogens (tertiary/aromatic N) is 2. The summed E-state index contributed by atoms with van der Waals surface area (Å²) in [6.45, 7) is 3.12. The van der Waals surface area contributed by atoms with Gasteiger partial charge in [-0.25, -0.2) is 9.97 Å². The van der Waals surface area contributed by atoms with Crippen LogP contribution in [0, 0.1) is 6.92 Å². The first-order chi connectivity index (χ1) is 11.7. The zero-order chi connectivity index (χ0) is 16.8. The number of hydrogen-bond acceptors (Lipinski definition) is 5. The van der Waals surface area contributed by atoms with Crippen molar-refractivity contribution in [2.45, 2.75) is 32.3 Å². The van der Waals surface area contributed by atoms with E-state index in [0.29, 0.717) is 23.9 Å². The van der Waals surface area contributed by atoms with Gasteiger partial charge in [-0.1, -0.05) is 6.07 Å². The third-order valence-corrected chi connectivity index (χ3v) is 3.78. The van der Waals surface area contributed by atoms with Gasteiger partial charge >= 0.3 is 0 Å². The predicted octanol–water partition coefficient (Wildman–Crippen LogP) is 2.99. The van der Waals surface area contributed by atoms with E-state index in [0.717, 1.165) is 25.1 Å². The van der Waals surface area contributed by atoms with Gasteiger partial charge in [-0.2, -0.15) is 0 Å². The van der Waals surface area contributed by atoms with Crippen LogP contribution in [0.2, 0.25) is 0 Å². The van der Waals surface area contributed by atoms with Crippen molar-refractivity contribution in [2.24, 2.45) is 0 Å². The lowest BCUT2D eigenvalue weighted by Gasteiger charge is -2.22. The molecule has 1 unspecified atom stereocenters. The van der Waals surface area contributed by atoms with Crippen molar-refractivity contribution in [1.82, 2.24) is 9.97 Å². The molecular weight excluding hydrogens is 306 g/mol. The minimum Gasteiger partial charge on any atom is -0.491 e. The van der Waals surface area contributed by atoms with E-state index in [2.05, 4.69) is 15.3 Å². The average molecular weight is 327 g/mol. The Labute approximate surface area is 141 Å². The van der Waals surface area contributed by atoms with Crippen molar-refractivity contribution in [3.63, 3.8) is 0 Å². The maximum atomic E-state index is 12.3. The normalized spacial score (nSPS) is 17.3. The highest BCUT2D eigenvalue weighted by molar-refractivity contribution is 6.02. The third kappa shape index (κ3) is 4.52. The Bertz CT molecular complexity index is 685. The SMILES string of the molecule is Cc1cc(OCC2CCCCO2)cc(C(=O)Nc2ccccn2)n1. The van der Waals surface area contributed by atoms with Crippen LogP contribution in [0.25, 0.3) is 0 Å². The van der Waals surface area contributed by atoms with Crippen molar-refractivity contribution < 1.29 is 14.3 Å². The summed E-state index contributed by atoms with van der Waals surface area (Å²) in [4.78, 5) is 20.7. The molecule has 0 aromatic carbocycles. The maximum Gasteiger partial charge on any atom is 0.275 e. The molecule has 1 aliphatic rings. The van der Waals surface area contributed by atoms with Gasteiger partial charge < -0.3 is 14.8 Å². The fourth-order valence-corrected chi connectivity index (χ4v) is 2.58. The summed E-state index contributed by atoms with van der Waals surface area (Å²) in [6, 6.07) is 8.80. The lowest BCUT2D eigenvalue weighted by molar-refractivity contribution is -0.0111. The van der Waals surface area contributed by atoms with Gasteiger partial charge in [0.05, 0.1) is 6.10 Å². The Morgan fingerprint density at radius 2 is 2.29 bits per heavy atom. The van der Waals surface area contributed by atoms with Crippen molar-refractivity contribution >= 4 is 11.7 Å². The van der Waals surface area contributed by atoms with Gasteiger partial charge in [-0.05, 0) is 38.3 Å². The van der Waals surface area contributed by atoms with Crippen molar-refractivity contribution in [3.05, 3.63) is 47.9 Å². The van der Waals surface area contributed by atoms with Crippen LogP contribution >= 0.6 is 0 Å². The molecule has 1 N–H and O–H groups in total. The predicted molar refractivity (Wildman–Crippen MR) is 90.3 cm³/mol. The van der Waals surface area contributed by atoms with Gasteiger partial charge in [0.25, 0.3) is 5.91 Å². The lowest BCUT2D eigenvalue weighted by atomic mass is 10.1. The van der Waals surface area contributed by atoms with Gasteiger partial charge in [-0.3, -0.25) is 4.79 Å². The standard InChI is InChI=1S/C18H21N3O3/c1-13-10-15(24-12-14-6-3-5-9-23-14)11-16(20-13)18(22)21-17-7-2-4-8-19-17/h2,4,7-8,10-11,14H,3,5-6,9,12H2,1H3,(H,19,21,22). The van der Waals surface area contributed by atoms with E-state index in [4.69, 9.17) is 9.47 Å². The number of ether oxygens (including phenoxy) is 2. The summed E-state index contributed by atoms with van der Waals surface area (Å²) in [5.74, 6) is 0.808. The highest BCUT2D eigenvalue weighted by Crippen LogP contribution is 2.18. The largest absolute Gasteiger partial charge is 0.491 e. The second-order valence-electron chi connectivity index (χ2n) is 5.80. The molecule has 1 saturated heterocycles. The molecule has 24 heavy (non-hydrogen) atoms. The average Bonchev–Trinajstić information content (AvgIpc) is 2.61. The van der Waals surface area contributed by atoms with Crippen LogP contribution in [0.1, 0.15) is 35.4 Å². The molecule has 0 radical (unpaired) electrons. The van der Waals surface area contributed by atoms with E-state index in [1.165, 1.54) is 6.42 Å². The Morgan fingerprint density at radius 1 is 1.38 bits per heavy atom. The minimum absolute atomic E-state index is 0.123. The number of hydrogen-bond donors (Lipinski definition) is 1. The van der Waals surface area contributed by atoms with Gasteiger partial charge in [0.2, 0.25) is 0 Å². The highest BCUT2D eigenvalue weighted by atomic mass is 16.5. The van der Waals surface area contributed by atoms with Crippen LogP contribution in [0.3, 0.4) is 0 Å². The summed E-state index contributed by atoms with van der Waals surface area (Å²) >= 11 is 0. The smallest absolute Gasteiger partial charge is 0.275 e. The van der Waals surface area contributed by atoms with E-state index in [-0.39, 0.29) is 12.0 Å². The molecular formula is C18H21N3O3. The molecule has 6 nitrogen and oxygen atoms in total. The maximum absolute atomic E-state index is 12.3. The van der Waals surface area contributed by atoms with E-state index in [1.807, 2.05) is 19.1 Å². The molecule has 1 fully saturated rings. The van der Waals surface area contributed by atoms with E-state index in [9.17, 15) is 4.79 Å². The third-order valence-electron chi connectivity index (χ3n) is 3.78. The number of aromatic nitrogens is 2. The van der Waals surface area contributed by atoms with Crippen LogP contribution < -0.4 is 10.1 Å². The quantitative estimate of drug-likeness (QED) is 0.914. The number of anilines is 1. The van der Waals surface area contributed by atoms with Crippen molar-refractivity contribution in [3.8, 4) is 5.75 Å². The van der Waals surface area contributed by atoms with Gasteiger partial charge in [-0.15, -0.1) is 0 Å². The van der Waals surface area contributed by atoms with E-state index in [1.54, 1.807) is 24.4 Å². The van der Waals surface area contributed by atoms with Crippen LogP contribution in [0.15, 0.2) is 36.5 Å². The number of carbonyl (C=O) groups is 1. The Morgan fingerprint density at radius 3 is 3.04 bits per heavy atom. The molecule has 126 valence electrons. The summed E-state index contributed by atoms with van der Waals surface area (Å²) in [7, 11) is 0. The number of nitrogens with one attached hydrogen (secondary N) is 1. The Kier molecular flexibility index (Phi) is 5.38. The molecule has 3 heterocycles. The summed E-state index contributed by atoms with van der Waals surface area (Å²) < 4.78 is 11.5. The zero-order valence-corrected chi connectivity index (χ0v) is 13.7. The molecule has 0 saturated carbocycles. The molecule has 0 aliphatic carbocycles. The highest BCUT2D eigenvalue weighted by Gasteiger charge is 2.16. The van der Waals surface area contributed by atoms with Crippen LogP contribution in [-0.2, 0) is 4.74 Å². The molecule has 2 aromatic rings. The van der Waals surface area contributed by atoms with Crippen LogP contribution in [-0.4, -0.2) is 35.2 Å². The molecule has 0 bridgehead atoms. The molecule has 1 aliphatic heterocycles. The van der Waals surface area contributed by atoms with Gasteiger partial charge in [0.15, 0.2) is 0 Å². The second kappa shape index (κ2) is 7.88. The zero-order valence-electron chi connectivity index (χ0n) is 13.7. The molecule has 0 spiro atoms. The van der Waals surface area contributed by atoms with Crippen molar-refractivity contribution in [2.75, 3.05) is 18.5 Å². The number of carbonyl (C=O) groups excluding carboxylic acids is 1. The number of rotatable bonds is 5. The topological polar surface area (TPSA) is 73.3 Å². The Hall–Kier alpha value is -2.47. The molecule has 6 heteroatoms. The van der Waals surface area contributed by atoms with Gasteiger partial charge in [0, 0.05) is 30.6 Å². The number of pyridine rings is 2. The van der Waals surface area contributed by atoms with Crippen LogP contribution in [0.4, 0.5) is 5.82 Å². The van der Waals surface area contributed by atoms with Crippen molar-refractivity contribution in [1.29, 1.82) is 0 Å². The first kappa shape index (κ1) is 16.4. The first-order valence-corrected chi connectivity index (χ1v) is 8.16. The summed E-state index contributed by atoms with van der Waals surface area (Å²) in [6.07, 6.45) is 5.04. The summed E-state index contributed by atoms with van der Waals surface area (Å²) in [5.41, 5.74) is 1.03. The molecule has 1 amide bonds. The second-order valence-corrected chi connectivity index (χ2v) is 5.80. The van der Waals surface area contributed by atoms with E-state index >= 15 is 0 Å².